The molecule has 0 radical (unpaired) electrons. The van der Waals surface area contributed by atoms with Crippen LogP contribution in [-0.2, 0) is 17.7 Å². The van der Waals surface area contributed by atoms with Gasteiger partial charge in [-0.05, 0) is 44.2 Å². The molecular formula is C17H27NO3. The Morgan fingerprint density at radius 2 is 2.00 bits per heavy atom. The van der Waals surface area contributed by atoms with Gasteiger partial charge in [0.1, 0.15) is 0 Å². The number of nitrogens with zero attached hydrogens (tertiary/aromatic N) is 1. The van der Waals surface area contributed by atoms with Crippen LogP contribution in [0.4, 0.5) is 0 Å². The normalized spacial score (nSPS) is 17.7. The Morgan fingerprint density at radius 1 is 1.19 bits per heavy atom. The van der Waals surface area contributed by atoms with Crippen LogP contribution in [0.2, 0.25) is 0 Å². The first-order chi connectivity index (χ1) is 10.2. The van der Waals surface area contributed by atoms with Gasteiger partial charge in [-0.3, -0.25) is 4.84 Å². The summed E-state index contributed by atoms with van der Waals surface area (Å²) in [5.41, 5.74) is 2.64. The Balaban J connectivity index is 2.20. The van der Waals surface area contributed by atoms with Crippen LogP contribution in [0.5, 0.6) is 11.5 Å². The van der Waals surface area contributed by atoms with Gasteiger partial charge in [-0.2, -0.15) is 5.06 Å². The maximum Gasteiger partial charge on any atom is 0.164 e. The van der Waals surface area contributed by atoms with Gasteiger partial charge in [-0.25, -0.2) is 0 Å². The van der Waals surface area contributed by atoms with E-state index in [1.165, 1.54) is 11.1 Å². The molecule has 0 aliphatic heterocycles. The Bertz CT molecular complexity index is 456. The molecule has 0 bridgehead atoms. The third-order valence-electron chi connectivity index (χ3n) is 4.07. The Morgan fingerprint density at radius 3 is 2.62 bits per heavy atom. The van der Waals surface area contributed by atoms with Gasteiger partial charge in [0, 0.05) is 18.2 Å². The average molecular weight is 293 g/mol. The first kappa shape index (κ1) is 16.1. The summed E-state index contributed by atoms with van der Waals surface area (Å²) < 4.78 is 10.9. The molecular weight excluding hydrogens is 266 g/mol. The van der Waals surface area contributed by atoms with E-state index in [1.807, 2.05) is 13.0 Å². The summed E-state index contributed by atoms with van der Waals surface area (Å²) >= 11 is 0. The van der Waals surface area contributed by atoms with E-state index in [-0.39, 0.29) is 0 Å². The van der Waals surface area contributed by atoms with Crippen LogP contribution in [0, 0.1) is 0 Å². The highest BCUT2D eigenvalue weighted by atomic mass is 16.7. The van der Waals surface area contributed by atoms with Gasteiger partial charge in [0.05, 0.1) is 20.8 Å². The largest absolute Gasteiger partial charge is 0.493 e. The molecule has 1 atom stereocenters. The average Bonchev–Trinajstić information content (AvgIpc) is 2.52. The van der Waals surface area contributed by atoms with Crippen LogP contribution in [-0.4, -0.2) is 38.5 Å². The van der Waals surface area contributed by atoms with Crippen LogP contribution >= 0.6 is 0 Å². The van der Waals surface area contributed by atoms with Crippen molar-refractivity contribution in [3.8, 4) is 11.5 Å². The fraction of sp³-hybridized carbons (Fsp3) is 0.647. The predicted octanol–water partition coefficient (Wildman–Crippen LogP) is 3.22. The molecule has 1 aromatic carbocycles. The van der Waals surface area contributed by atoms with Crippen LogP contribution in [0.15, 0.2) is 12.1 Å². The number of fused-ring (bicyclic) bond motifs is 1. The predicted molar refractivity (Wildman–Crippen MR) is 84.0 cm³/mol. The highest BCUT2D eigenvalue weighted by Gasteiger charge is 2.27. The molecule has 0 fully saturated rings. The molecule has 118 valence electrons. The van der Waals surface area contributed by atoms with E-state index in [0.717, 1.165) is 50.3 Å². The van der Waals surface area contributed by atoms with Crippen molar-refractivity contribution in [2.45, 2.75) is 45.6 Å². The number of benzene rings is 1. The van der Waals surface area contributed by atoms with E-state index in [9.17, 15) is 0 Å². The molecule has 0 heterocycles. The number of methoxy groups -OCH3 is 2. The lowest BCUT2D eigenvalue weighted by atomic mass is 9.87. The monoisotopic (exact) mass is 293 g/mol. The maximum atomic E-state index is 5.82. The zero-order chi connectivity index (χ0) is 15.2. The summed E-state index contributed by atoms with van der Waals surface area (Å²) in [6.45, 7) is 5.96. The van der Waals surface area contributed by atoms with Gasteiger partial charge < -0.3 is 9.47 Å². The lowest BCUT2D eigenvalue weighted by Crippen LogP contribution is -2.40. The summed E-state index contributed by atoms with van der Waals surface area (Å²) in [6.07, 6.45) is 4.22. The van der Waals surface area contributed by atoms with Crippen molar-refractivity contribution in [1.29, 1.82) is 0 Å². The number of hydrogen-bond donors (Lipinski definition) is 0. The molecule has 1 unspecified atom stereocenters. The van der Waals surface area contributed by atoms with E-state index < -0.39 is 0 Å². The van der Waals surface area contributed by atoms with Gasteiger partial charge in [-0.15, -0.1) is 0 Å². The first-order valence-electron chi connectivity index (χ1n) is 7.87. The fourth-order valence-corrected chi connectivity index (χ4v) is 3.15. The van der Waals surface area contributed by atoms with Crippen molar-refractivity contribution in [1.82, 2.24) is 5.06 Å². The summed E-state index contributed by atoms with van der Waals surface area (Å²) in [6, 6.07) is 4.62. The number of ether oxygens (including phenoxy) is 2. The molecule has 0 N–H and O–H groups in total. The van der Waals surface area contributed by atoms with Gasteiger partial charge in [0.15, 0.2) is 11.5 Å². The third kappa shape index (κ3) is 3.50. The topological polar surface area (TPSA) is 30.9 Å². The van der Waals surface area contributed by atoms with Crippen molar-refractivity contribution in [2.24, 2.45) is 0 Å². The molecule has 4 heteroatoms. The smallest absolute Gasteiger partial charge is 0.164 e. The quantitative estimate of drug-likeness (QED) is 0.722. The molecule has 0 spiro atoms. The Hall–Kier alpha value is -1.26. The minimum atomic E-state index is 0.454. The number of hydroxylamine groups is 2. The SMILES string of the molecule is CCCN(OCC)C1CCc2c(ccc(OC)c2OC)C1. The van der Waals surface area contributed by atoms with Crippen molar-refractivity contribution in [2.75, 3.05) is 27.4 Å². The Kier molecular flexibility index (Phi) is 5.88. The molecule has 1 aromatic rings. The van der Waals surface area contributed by atoms with Crippen LogP contribution in [0.1, 0.15) is 37.8 Å². The lowest BCUT2D eigenvalue weighted by Gasteiger charge is -2.34. The van der Waals surface area contributed by atoms with E-state index >= 15 is 0 Å². The van der Waals surface area contributed by atoms with Gasteiger partial charge in [0.25, 0.3) is 0 Å². The molecule has 21 heavy (non-hydrogen) atoms. The van der Waals surface area contributed by atoms with Crippen molar-refractivity contribution < 1.29 is 14.3 Å². The molecule has 1 aliphatic carbocycles. The highest BCUT2D eigenvalue weighted by molar-refractivity contribution is 5.52. The van der Waals surface area contributed by atoms with E-state index in [4.69, 9.17) is 14.3 Å². The highest BCUT2D eigenvalue weighted by Crippen LogP contribution is 2.38. The summed E-state index contributed by atoms with van der Waals surface area (Å²) in [5, 5.41) is 2.17. The number of rotatable bonds is 7. The van der Waals surface area contributed by atoms with Gasteiger partial charge in [0.2, 0.25) is 0 Å². The summed E-state index contributed by atoms with van der Waals surface area (Å²) in [5.74, 6) is 1.72. The van der Waals surface area contributed by atoms with Gasteiger partial charge >= 0.3 is 0 Å². The van der Waals surface area contributed by atoms with E-state index in [0.29, 0.717) is 6.04 Å². The Labute approximate surface area is 127 Å². The zero-order valence-electron chi connectivity index (χ0n) is 13.6. The second kappa shape index (κ2) is 7.66. The first-order valence-corrected chi connectivity index (χ1v) is 7.87. The second-order valence-corrected chi connectivity index (χ2v) is 5.39. The third-order valence-corrected chi connectivity index (χ3v) is 4.07. The molecule has 4 nitrogen and oxygen atoms in total. The molecule has 0 aromatic heterocycles. The van der Waals surface area contributed by atoms with Crippen molar-refractivity contribution in [3.63, 3.8) is 0 Å². The second-order valence-electron chi connectivity index (χ2n) is 5.39. The van der Waals surface area contributed by atoms with Crippen LogP contribution in [0.25, 0.3) is 0 Å². The standard InChI is InChI=1S/C17H27NO3/c1-5-11-18(21-6-2)14-8-9-15-13(12-14)7-10-16(19-3)17(15)20-4/h7,10,14H,5-6,8-9,11-12H2,1-4H3. The van der Waals surface area contributed by atoms with E-state index in [2.05, 4.69) is 18.1 Å². The van der Waals surface area contributed by atoms with Crippen molar-refractivity contribution in [3.05, 3.63) is 23.3 Å². The molecule has 1 aliphatic rings. The lowest BCUT2D eigenvalue weighted by molar-refractivity contribution is -0.184. The van der Waals surface area contributed by atoms with Crippen molar-refractivity contribution >= 4 is 0 Å². The minimum Gasteiger partial charge on any atom is -0.493 e. The molecule has 0 saturated heterocycles. The molecule has 0 saturated carbocycles. The number of hydrogen-bond acceptors (Lipinski definition) is 4. The molecule has 2 rings (SSSR count). The van der Waals surface area contributed by atoms with Gasteiger partial charge in [-0.1, -0.05) is 13.0 Å². The zero-order valence-corrected chi connectivity index (χ0v) is 13.6. The summed E-state index contributed by atoms with van der Waals surface area (Å²) in [7, 11) is 3.40. The van der Waals surface area contributed by atoms with Crippen LogP contribution < -0.4 is 9.47 Å². The van der Waals surface area contributed by atoms with E-state index in [1.54, 1.807) is 14.2 Å². The fourth-order valence-electron chi connectivity index (χ4n) is 3.15. The van der Waals surface area contributed by atoms with Crippen LogP contribution in [0.3, 0.4) is 0 Å². The minimum absolute atomic E-state index is 0.454. The molecule has 0 amide bonds. The maximum absolute atomic E-state index is 5.82. The summed E-state index contributed by atoms with van der Waals surface area (Å²) in [4.78, 5) is 5.82.